The van der Waals surface area contributed by atoms with Crippen LogP contribution in [0.3, 0.4) is 0 Å². The van der Waals surface area contributed by atoms with Crippen LogP contribution < -0.4 is 16.2 Å². The number of nitrogens with zero attached hydrogens (tertiary/aromatic N) is 1. The highest BCUT2D eigenvalue weighted by molar-refractivity contribution is 5.94. The van der Waals surface area contributed by atoms with Crippen molar-refractivity contribution in [3.63, 3.8) is 0 Å². The van der Waals surface area contributed by atoms with Gasteiger partial charge in [-0.25, -0.2) is 0 Å². The highest BCUT2D eigenvalue weighted by Crippen LogP contribution is 2.04. The van der Waals surface area contributed by atoms with Gasteiger partial charge in [0.15, 0.2) is 0 Å². The van der Waals surface area contributed by atoms with Crippen LogP contribution in [0.15, 0.2) is 23.1 Å². The van der Waals surface area contributed by atoms with E-state index < -0.39 is 0 Å². The van der Waals surface area contributed by atoms with E-state index in [9.17, 15) is 9.59 Å². The molecule has 6 heteroatoms. The number of carbonyl (C=O) groups excluding carboxylic acids is 1. The number of likely N-dealkylation sites (N-methyl/N-ethyl adjacent to an activating group) is 1. The van der Waals surface area contributed by atoms with Crippen LogP contribution in [0.5, 0.6) is 0 Å². The lowest BCUT2D eigenvalue weighted by atomic mass is 10.3. The SMILES string of the molecule is CNC(C)C(=O)Nc1ccc(=O)n(CCOC)c1. The van der Waals surface area contributed by atoms with Gasteiger partial charge in [0.05, 0.1) is 18.3 Å². The van der Waals surface area contributed by atoms with Gasteiger partial charge < -0.3 is 19.9 Å². The second-order valence-corrected chi connectivity index (χ2v) is 3.94. The zero-order valence-corrected chi connectivity index (χ0v) is 10.9. The van der Waals surface area contributed by atoms with Crippen molar-refractivity contribution >= 4 is 11.6 Å². The molecule has 1 aromatic rings. The van der Waals surface area contributed by atoms with Crippen molar-refractivity contribution in [2.24, 2.45) is 0 Å². The van der Waals surface area contributed by atoms with Gasteiger partial charge in [0.1, 0.15) is 0 Å². The summed E-state index contributed by atoms with van der Waals surface area (Å²) >= 11 is 0. The standard InChI is InChI=1S/C12H19N3O3/c1-9(13-2)12(17)14-10-4-5-11(16)15(8-10)6-7-18-3/h4-5,8-9,13H,6-7H2,1-3H3,(H,14,17). The summed E-state index contributed by atoms with van der Waals surface area (Å²) in [6.45, 7) is 2.67. The molecule has 0 aromatic carbocycles. The summed E-state index contributed by atoms with van der Waals surface area (Å²) in [5.41, 5.74) is 0.476. The number of carbonyl (C=O) groups is 1. The molecule has 0 fully saturated rings. The Labute approximate surface area is 106 Å². The lowest BCUT2D eigenvalue weighted by Crippen LogP contribution is -2.35. The molecule has 0 aliphatic rings. The molecule has 0 saturated carbocycles. The molecule has 0 bridgehead atoms. The van der Waals surface area contributed by atoms with Crippen LogP contribution in [0.2, 0.25) is 0 Å². The molecule has 0 saturated heterocycles. The molecular formula is C12H19N3O3. The van der Waals surface area contributed by atoms with E-state index in [1.54, 1.807) is 33.3 Å². The first kappa shape index (κ1) is 14.4. The minimum Gasteiger partial charge on any atom is -0.383 e. The number of aromatic nitrogens is 1. The molecule has 1 rings (SSSR count). The Hall–Kier alpha value is -1.66. The summed E-state index contributed by atoms with van der Waals surface area (Å²) in [6, 6.07) is 2.73. The molecule has 0 aliphatic carbocycles. The molecular weight excluding hydrogens is 234 g/mol. The van der Waals surface area contributed by atoms with Gasteiger partial charge >= 0.3 is 0 Å². The third-order valence-electron chi connectivity index (χ3n) is 2.61. The summed E-state index contributed by atoms with van der Waals surface area (Å²) in [7, 11) is 3.29. The van der Waals surface area contributed by atoms with Crippen molar-refractivity contribution in [1.29, 1.82) is 0 Å². The summed E-state index contributed by atoms with van der Waals surface area (Å²) < 4.78 is 6.42. The van der Waals surface area contributed by atoms with Crippen molar-refractivity contribution in [3.05, 3.63) is 28.7 Å². The fourth-order valence-corrected chi connectivity index (χ4v) is 1.35. The maximum atomic E-state index is 11.7. The average molecular weight is 253 g/mol. The molecule has 100 valence electrons. The third-order valence-corrected chi connectivity index (χ3v) is 2.61. The molecule has 6 nitrogen and oxygen atoms in total. The maximum Gasteiger partial charge on any atom is 0.250 e. The Morgan fingerprint density at radius 1 is 1.50 bits per heavy atom. The van der Waals surface area contributed by atoms with E-state index in [1.807, 2.05) is 0 Å². The lowest BCUT2D eigenvalue weighted by molar-refractivity contribution is -0.117. The van der Waals surface area contributed by atoms with Crippen LogP contribution in [0, 0.1) is 0 Å². The smallest absolute Gasteiger partial charge is 0.250 e. The molecule has 0 spiro atoms. The van der Waals surface area contributed by atoms with Crippen LogP contribution in [0.4, 0.5) is 5.69 Å². The largest absolute Gasteiger partial charge is 0.383 e. The number of amides is 1. The Balaban J connectivity index is 2.78. The van der Waals surface area contributed by atoms with E-state index in [-0.39, 0.29) is 17.5 Å². The second-order valence-electron chi connectivity index (χ2n) is 3.94. The van der Waals surface area contributed by atoms with Gasteiger partial charge in [0, 0.05) is 25.9 Å². The zero-order chi connectivity index (χ0) is 13.5. The minimum atomic E-state index is -0.288. The fourth-order valence-electron chi connectivity index (χ4n) is 1.35. The Kier molecular flexibility index (Phi) is 5.54. The van der Waals surface area contributed by atoms with Crippen molar-refractivity contribution in [3.8, 4) is 0 Å². The fraction of sp³-hybridized carbons (Fsp3) is 0.500. The highest BCUT2D eigenvalue weighted by atomic mass is 16.5. The first-order chi connectivity index (χ1) is 8.58. The van der Waals surface area contributed by atoms with E-state index in [2.05, 4.69) is 10.6 Å². The predicted molar refractivity (Wildman–Crippen MR) is 69.7 cm³/mol. The van der Waals surface area contributed by atoms with Crippen LogP contribution in [-0.4, -0.2) is 37.3 Å². The number of nitrogens with one attached hydrogen (secondary N) is 2. The van der Waals surface area contributed by atoms with Gasteiger partial charge in [-0.1, -0.05) is 0 Å². The van der Waals surface area contributed by atoms with Gasteiger partial charge in [0.25, 0.3) is 5.56 Å². The predicted octanol–water partition coefficient (Wildman–Crippen LogP) is 0.0411. The van der Waals surface area contributed by atoms with E-state index in [0.29, 0.717) is 18.8 Å². The molecule has 1 aromatic heterocycles. The molecule has 18 heavy (non-hydrogen) atoms. The molecule has 1 unspecified atom stereocenters. The van der Waals surface area contributed by atoms with Gasteiger partial charge in [-0.2, -0.15) is 0 Å². The summed E-state index contributed by atoms with van der Waals surface area (Å²) in [5.74, 6) is -0.144. The van der Waals surface area contributed by atoms with Crippen molar-refractivity contribution in [2.45, 2.75) is 19.5 Å². The number of rotatable bonds is 6. The van der Waals surface area contributed by atoms with Crippen molar-refractivity contribution in [2.75, 3.05) is 26.1 Å². The topological polar surface area (TPSA) is 72.4 Å². The number of pyridine rings is 1. The summed E-state index contributed by atoms with van der Waals surface area (Å²) in [6.07, 6.45) is 1.61. The number of hydrogen-bond acceptors (Lipinski definition) is 4. The van der Waals surface area contributed by atoms with Gasteiger partial charge in [-0.15, -0.1) is 0 Å². The number of hydrogen-bond donors (Lipinski definition) is 2. The Morgan fingerprint density at radius 3 is 2.83 bits per heavy atom. The molecule has 0 aliphatic heterocycles. The van der Waals surface area contributed by atoms with Crippen molar-refractivity contribution < 1.29 is 9.53 Å². The number of ether oxygens (including phenoxy) is 1. The van der Waals surface area contributed by atoms with Gasteiger partial charge in [-0.05, 0) is 20.0 Å². The van der Waals surface area contributed by atoms with E-state index in [4.69, 9.17) is 4.74 Å². The van der Waals surface area contributed by atoms with Crippen molar-refractivity contribution in [1.82, 2.24) is 9.88 Å². The normalized spacial score (nSPS) is 12.2. The highest BCUT2D eigenvalue weighted by Gasteiger charge is 2.10. The van der Waals surface area contributed by atoms with Crippen LogP contribution in [0.25, 0.3) is 0 Å². The first-order valence-corrected chi connectivity index (χ1v) is 5.76. The first-order valence-electron chi connectivity index (χ1n) is 5.76. The number of methoxy groups -OCH3 is 1. The van der Waals surface area contributed by atoms with E-state index >= 15 is 0 Å². The Bertz CT molecular complexity index is 456. The van der Waals surface area contributed by atoms with E-state index in [1.165, 1.54) is 10.6 Å². The summed E-state index contributed by atoms with van der Waals surface area (Å²) in [5, 5.41) is 5.58. The lowest BCUT2D eigenvalue weighted by Gasteiger charge is -2.12. The molecule has 2 N–H and O–H groups in total. The third kappa shape index (κ3) is 3.97. The molecule has 0 radical (unpaired) electrons. The van der Waals surface area contributed by atoms with Crippen LogP contribution in [-0.2, 0) is 16.1 Å². The van der Waals surface area contributed by atoms with Crippen LogP contribution in [0.1, 0.15) is 6.92 Å². The maximum absolute atomic E-state index is 11.7. The Morgan fingerprint density at radius 2 is 2.22 bits per heavy atom. The van der Waals surface area contributed by atoms with E-state index in [0.717, 1.165) is 0 Å². The molecule has 1 amide bonds. The average Bonchev–Trinajstić information content (AvgIpc) is 2.38. The quantitative estimate of drug-likeness (QED) is 0.751. The van der Waals surface area contributed by atoms with Gasteiger partial charge in [-0.3, -0.25) is 9.59 Å². The molecule has 1 atom stereocenters. The van der Waals surface area contributed by atoms with Crippen LogP contribution >= 0.6 is 0 Å². The molecule has 1 heterocycles. The van der Waals surface area contributed by atoms with Gasteiger partial charge in [0.2, 0.25) is 5.91 Å². The minimum absolute atomic E-state index is 0.119. The zero-order valence-electron chi connectivity index (χ0n) is 10.9. The second kappa shape index (κ2) is 6.93. The summed E-state index contributed by atoms with van der Waals surface area (Å²) in [4.78, 5) is 23.2. The number of anilines is 1. The monoisotopic (exact) mass is 253 g/mol.